The summed E-state index contributed by atoms with van der Waals surface area (Å²) in [5.74, 6) is -0.500. The molecule has 0 saturated carbocycles. The second kappa shape index (κ2) is 5.52. The van der Waals surface area contributed by atoms with Gasteiger partial charge in [0.15, 0.2) is 18.9 Å². The number of nitrogens with two attached hydrogens (primary N) is 1. The third kappa shape index (κ3) is 3.00. The number of nitrogens with zero attached hydrogens (tertiary/aromatic N) is 1. The molecule has 0 aromatic carbocycles. The minimum Gasteiger partial charge on any atom is -0.365 e. The molecule has 7 heteroatoms. The lowest BCUT2D eigenvalue weighted by atomic mass is 10.2. The number of primary amides is 1. The highest BCUT2D eigenvalue weighted by Gasteiger charge is 2.10. The van der Waals surface area contributed by atoms with Crippen molar-refractivity contribution in [3.8, 4) is 0 Å². The zero-order valence-corrected chi connectivity index (χ0v) is 11.0. The maximum Gasteiger partial charge on any atom is 0.325 e. The molecular formula is C13H15N4O3+. The average Bonchev–Trinajstić information content (AvgIpc) is 2.41. The van der Waals surface area contributed by atoms with Crippen LogP contribution in [0.2, 0.25) is 0 Å². The van der Waals surface area contributed by atoms with E-state index >= 15 is 0 Å². The van der Waals surface area contributed by atoms with E-state index in [1.165, 1.54) is 0 Å². The number of hydrogen-bond acceptors (Lipinski definition) is 3. The molecule has 0 unspecified atom stereocenters. The van der Waals surface area contributed by atoms with Gasteiger partial charge in [-0.15, -0.1) is 0 Å². The summed E-state index contributed by atoms with van der Waals surface area (Å²) in [5, 5.41) is 0. The number of aryl methyl sites for hydroxylation is 2. The second-order valence-corrected chi connectivity index (χ2v) is 4.46. The Morgan fingerprint density at radius 2 is 2.10 bits per heavy atom. The number of nitrogens with one attached hydrogen (secondary N) is 2. The van der Waals surface area contributed by atoms with Crippen molar-refractivity contribution in [1.82, 2.24) is 9.97 Å². The SMILES string of the molecule is Cc1c(CC[n+]2cccc(C(N)=O)c2)[nH]c(=O)[nH]c1=O. The standard InChI is InChI=1S/C13H14N4O3/c1-8-10(15-13(20)16-12(8)19)4-6-17-5-2-3-9(7-17)11(14)18/h2-3,5,7H,4,6H2,1H3,(H3-,14,15,16,18,19,20)/p+1. The van der Waals surface area contributed by atoms with Crippen molar-refractivity contribution in [2.75, 3.05) is 0 Å². The lowest BCUT2D eigenvalue weighted by Gasteiger charge is -2.02. The molecule has 0 bridgehead atoms. The molecule has 0 radical (unpaired) electrons. The van der Waals surface area contributed by atoms with Crippen LogP contribution in [-0.2, 0) is 13.0 Å². The number of rotatable bonds is 4. The molecule has 104 valence electrons. The van der Waals surface area contributed by atoms with E-state index in [4.69, 9.17) is 5.73 Å². The summed E-state index contributed by atoms with van der Waals surface area (Å²) in [6.45, 7) is 2.16. The van der Waals surface area contributed by atoms with E-state index in [1.807, 2.05) is 0 Å². The average molecular weight is 275 g/mol. The van der Waals surface area contributed by atoms with Gasteiger partial charge in [0.2, 0.25) is 0 Å². The molecule has 0 aliphatic heterocycles. The van der Waals surface area contributed by atoms with E-state index in [9.17, 15) is 14.4 Å². The van der Waals surface area contributed by atoms with E-state index in [0.717, 1.165) is 0 Å². The Kier molecular flexibility index (Phi) is 3.79. The summed E-state index contributed by atoms with van der Waals surface area (Å²) in [7, 11) is 0. The van der Waals surface area contributed by atoms with Crippen molar-refractivity contribution in [2.45, 2.75) is 19.9 Å². The van der Waals surface area contributed by atoms with Crippen LogP contribution in [0, 0.1) is 6.92 Å². The Balaban J connectivity index is 2.21. The van der Waals surface area contributed by atoms with E-state index in [-0.39, 0.29) is 5.56 Å². The van der Waals surface area contributed by atoms with E-state index < -0.39 is 11.6 Å². The van der Waals surface area contributed by atoms with Crippen molar-refractivity contribution in [2.24, 2.45) is 5.73 Å². The fourth-order valence-corrected chi connectivity index (χ4v) is 1.89. The first-order valence-electron chi connectivity index (χ1n) is 6.08. The van der Waals surface area contributed by atoms with Gasteiger partial charge in [0.1, 0.15) is 5.56 Å². The molecule has 0 aliphatic carbocycles. The highest BCUT2D eigenvalue weighted by molar-refractivity contribution is 5.92. The van der Waals surface area contributed by atoms with Crippen molar-refractivity contribution < 1.29 is 9.36 Å². The van der Waals surface area contributed by atoms with Crippen LogP contribution >= 0.6 is 0 Å². The molecule has 0 saturated heterocycles. The summed E-state index contributed by atoms with van der Waals surface area (Å²) in [5.41, 5.74) is 5.77. The number of amides is 1. The first-order chi connectivity index (χ1) is 9.47. The van der Waals surface area contributed by atoms with Gasteiger partial charge in [-0.3, -0.25) is 14.6 Å². The minimum absolute atomic E-state index is 0.389. The van der Waals surface area contributed by atoms with Crippen molar-refractivity contribution in [3.63, 3.8) is 0 Å². The predicted molar refractivity (Wildman–Crippen MR) is 71.3 cm³/mol. The van der Waals surface area contributed by atoms with Gasteiger partial charge in [0.05, 0.1) is 0 Å². The van der Waals surface area contributed by atoms with Gasteiger partial charge in [0, 0.05) is 23.7 Å². The zero-order chi connectivity index (χ0) is 14.7. The number of carbonyl (C=O) groups excluding carboxylic acids is 1. The molecule has 7 nitrogen and oxygen atoms in total. The van der Waals surface area contributed by atoms with Crippen LogP contribution in [0.1, 0.15) is 21.6 Å². The second-order valence-electron chi connectivity index (χ2n) is 4.46. The van der Waals surface area contributed by atoms with Crippen molar-refractivity contribution in [3.05, 3.63) is 62.2 Å². The summed E-state index contributed by atoms with van der Waals surface area (Å²) >= 11 is 0. The number of H-pyrrole nitrogens is 2. The van der Waals surface area contributed by atoms with Gasteiger partial charge >= 0.3 is 5.69 Å². The highest BCUT2D eigenvalue weighted by atomic mass is 16.2. The molecule has 0 fully saturated rings. The number of aromatic nitrogens is 3. The third-order valence-electron chi connectivity index (χ3n) is 3.05. The van der Waals surface area contributed by atoms with Crippen LogP contribution in [-0.4, -0.2) is 15.9 Å². The Morgan fingerprint density at radius 3 is 2.80 bits per heavy atom. The van der Waals surface area contributed by atoms with Gasteiger partial charge < -0.3 is 10.7 Å². The quantitative estimate of drug-likeness (QED) is 0.622. The van der Waals surface area contributed by atoms with Crippen LogP contribution in [0.3, 0.4) is 0 Å². The largest absolute Gasteiger partial charge is 0.365 e. The lowest BCUT2D eigenvalue weighted by Crippen LogP contribution is -2.36. The molecule has 0 atom stereocenters. The molecular weight excluding hydrogens is 260 g/mol. The molecule has 20 heavy (non-hydrogen) atoms. The summed E-state index contributed by atoms with van der Waals surface area (Å²) < 4.78 is 1.78. The fraction of sp³-hybridized carbons (Fsp3) is 0.231. The molecule has 1 amide bonds. The summed E-state index contributed by atoms with van der Waals surface area (Å²) in [6, 6.07) is 3.34. The van der Waals surface area contributed by atoms with E-state index in [2.05, 4.69) is 9.97 Å². The normalized spacial score (nSPS) is 10.4. The molecule has 4 N–H and O–H groups in total. The van der Waals surface area contributed by atoms with Crippen molar-refractivity contribution in [1.29, 1.82) is 0 Å². The molecule has 2 rings (SSSR count). The third-order valence-corrected chi connectivity index (χ3v) is 3.05. The number of hydrogen-bond donors (Lipinski definition) is 3. The number of pyridine rings is 1. The molecule has 2 aromatic heterocycles. The fourth-order valence-electron chi connectivity index (χ4n) is 1.89. The Hall–Kier alpha value is -2.70. The lowest BCUT2D eigenvalue weighted by molar-refractivity contribution is -0.696. The topological polar surface area (TPSA) is 113 Å². The Bertz CT molecular complexity index is 761. The van der Waals surface area contributed by atoms with Crippen LogP contribution in [0.25, 0.3) is 0 Å². The maximum absolute atomic E-state index is 11.5. The van der Waals surface area contributed by atoms with Gasteiger partial charge in [-0.1, -0.05) is 0 Å². The van der Waals surface area contributed by atoms with Crippen molar-refractivity contribution >= 4 is 5.91 Å². The summed E-state index contributed by atoms with van der Waals surface area (Å²) in [4.78, 5) is 38.6. The summed E-state index contributed by atoms with van der Waals surface area (Å²) in [6.07, 6.45) is 3.88. The maximum atomic E-state index is 11.5. The van der Waals surface area contributed by atoms with E-state index in [0.29, 0.717) is 29.8 Å². The Morgan fingerprint density at radius 1 is 1.35 bits per heavy atom. The predicted octanol–water partition coefficient (Wildman–Crippen LogP) is -0.999. The minimum atomic E-state index is -0.522. The first-order valence-corrected chi connectivity index (χ1v) is 6.08. The molecule has 0 spiro atoms. The van der Waals surface area contributed by atoms with Gasteiger partial charge in [-0.2, -0.15) is 0 Å². The Labute approximate surface area is 114 Å². The van der Waals surface area contributed by atoms with Crippen LogP contribution in [0.5, 0.6) is 0 Å². The van der Waals surface area contributed by atoms with Gasteiger partial charge in [0.25, 0.3) is 11.5 Å². The van der Waals surface area contributed by atoms with Crippen LogP contribution in [0.4, 0.5) is 0 Å². The molecule has 2 heterocycles. The number of aromatic amines is 2. The van der Waals surface area contributed by atoms with Crippen LogP contribution in [0.15, 0.2) is 34.1 Å². The monoisotopic (exact) mass is 275 g/mol. The van der Waals surface area contributed by atoms with Gasteiger partial charge in [-0.25, -0.2) is 9.36 Å². The highest BCUT2D eigenvalue weighted by Crippen LogP contribution is 1.97. The van der Waals surface area contributed by atoms with Crippen LogP contribution < -0.4 is 21.5 Å². The smallest absolute Gasteiger partial charge is 0.325 e. The molecule has 2 aromatic rings. The molecule has 0 aliphatic rings. The number of carbonyl (C=O) groups is 1. The zero-order valence-electron chi connectivity index (χ0n) is 11.0. The first kappa shape index (κ1) is 13.7. The van der Waals surface area contributed by atoms with Gasteiger partial charge in [-0.05, 0) is 13.0 Å². The van der Waals surface area contributed by atoms with E-state index in [1.54, 1.807) is 36.0 Å².